The van der Waals surface area contributed by atoms with E-state index in [-0.39, 0.29) is 18.2 Å². The zero-order valence-corrected chi connectivity index (χ0v) is 15.7. The first kappa shape index (κ1) is 17.2. The lowest BCUT2D eigenvalue weighted by atomic mass is 9.96. The first-order valence-corrected chi connectivity index (χ1v) is 9.10. The van der Waals surface area contributed by atoms with Gasteiger partial charge in [0.2, 0.25) is 0 Å². The number of carbonyl (C=O) groups is 1. The predicted molar refractivity (Wildman–Crippen MR) is 92.0 cm³/mol. The number of aromatic nitrogens is 3. The maximum absolute atomic E-state index is 12.6. The number of carbonyl (C=O) groups excluding carboxylic acids is 1. The van der Waals surface area contributed by atoms with Crippen molar-refractivity contribution in [3.8, 4) is 0 Å². The molecular formula is C18H30N4O2. The highest BCUT2D eigenvalue weighted by Crippen LogP contribution is 2.42. The molecule has 3 rings (SSSR count). The second-order valence-electron chi connectivity index (χ2n) is 8.53. The van der Waals surface area contributed by atoms with Crippen LogP contribution in [0.3, 0.4) is 0 Å². The Labute approximate surface area is 144 Å². The second kappa shape index (κ2) is 6.05. The van der Waals surface area contributed by atoms with Crippen LogP contribution in [0.1, 0.15) is 83.9 Å². The third kappa shape index (κ3) is 3.15. The number of amides is 1. The Balaban J connectivity index is 1.79. The summed E-state index contributed by atoms with van der Waals surface area (Å²) in [5.74, 6) is 2.39. The minimum atomic E-state index is -0.441. The fraction of sp³-hybridized carbons (Fsp3) is 0.833. The summed E-state index contributed by atoms with van der Waals surface area (Å²) in [6.07, 6.45) is 3.91. The van der Waals surface area contributed by atoms with Crippen LogP contribution in [-0.4, -0.2) is 43.4 Å². The van der Waals surface area contributed by atoms with Gasteiger partial charge in [-0.2, -0.15) is 0 Å². The molecule has 24 heavy (non-hydrogen) atoms. The van der Waals surface area contributed by atoms with Crippen LogP contribution in [0.2, 0.25) is 0 Å². The second-order valence-corrected chi connectivity index (χ2v) is 8.53. The molecule has 0 spiro atoms. The highest BCUT2D eigenvalue weighted by atomic mass is 16.6. The Morgan fingerprint density at radius 3 is 2.21 bits per heavy atom. The van der Waals surface area contributed by atoms with Gasteiger partial charge in [0.1, 0.15) is 17.2 Å². The van der Waals surface area contributed by atoms with Crippen LogP contribution < -0.4 is 0 Å². The lowest BCUT2D eigenvalue weighted by molar-refractivity contribution is 0.00270. The number of hydrogen-bond acceptors (Lipinski definition) is 4. The first-order valence-electron chi connectivity index (χ1n) is 9.10. The average molecular weight is 334 g/mol. The Morgan fingerprint density at radius 2 is 1.71 bits per heavy atom. The molecule has 0 saturated carbocycles. The van der Waals surface area contributed by atoms with E-state index in [9.17, 15) is 4.79 Å². The fourth-order valence-corrected chi connectivity index (χ4v) is 4.20. The predicted octanol–water partition coefficient (Wildman–Crippen LogP) is 3.81. The molecule has 0 N–H and O–H groups in total. The third-order valence-corrected chi connectivity index (χ3v) is 5.09. The van der Waals surface area contributed by atoms with Gasteiger partial charge in [-0.05, 0) is 53.4 Å². The molecule has 1 aromatic rings. The molecule has 2 fully saturated rings. The maximum Gasteiger partial charge on any atom is 0.410 e. The van der Waals surface area contributed by atoms with Gasteiger partial charge < -0.3 is 14.2 Å². The van der Waals surface area contributed by atoms with Crippen molar-refractivity contribution in [2.45, 2.75) is 96.9 Å². The van der Waals surface area contributed by atoms with Gasteiger partial charge in [-0.3, -0.25) is 0 Å². The van der Waals surface area contributed by atoms with Gasteiger partial charge >= 0.3 is 6.09 Å². The van der Waals surface area contributed by atoms with E-state index in [1.165, 1.54) is 0 Å². The molecule has 2 aliphatic rings. The van der Waals surface area contributed by atoms with Crippen LogP contribution in [0, 0.1) is 6.92 Å². The Morgan fingerprint density at radius 1 is 1.12 bits per heavy atom. The third-order valence-electron chi connectivity index (χ3n) is 5.09. The van der Waals surface area contributed by atoms with E-state index in [1.54, 1.807) is 0 Å². The van der Waals surface area contributed by atoms with Crippen LogP contribution in [-0.2, 0) is 4.74 Å². The summed E-state index contributed by atoms with van der Waals surface area (Å²) < 4.78 is 7.93. The SMILES string of the molecule is Cc1nnc(C(C)C)n1C1C[C@H]2CC[C@@H](C1)N2C(=O)OC(C)(C)C. The smallest absolute Gasteiger partial charge is 0.410 e. The van der Waals surface area contributed by atoms with Gasteiger partial charge in [0.15, 0.2) is 0 Å². The van der Waals surface area contributed by atoms with Crippen molar-refractivity contribution < 1.29 is 9.53 Å². The van der Waals surface area contributed by atoms with E-state index in [0.717, 1.165) is 37.3 Å². The van der Waals surface area contributed by atoms with Crippen LogP contribution in [0.15, 0.2) is 0 Å². The number of piperidine rings is 1. The monoisotopic (exact) mass is 334 g/mol. The van der Waals surface area contributed by atoms with Gasteiger partial charge in [0.25, 0.3) is 0 Å². The van der Waals surface area contributed by atoms with E-state index >= 15 is 0 Å². The molecular weight excluding hydrogens is 304 g/mol. The number of fused-ring (bicyclic) bond motifs is 2. The minimum absolute atomic E-state index is 0.155. The topological polar surface area (TPSA) is 60.2 Å². The summed E-state index contributed by atoms with van der Waals surface area (Å²) in [4.78, 5) is 14.6. The van der Waals surface area contributed by atoms with E-state index in [2.05, 4.69) is 28.6 Å². The van der Waals surface area contributed by atoms with Crippen molar-refractivity contribution in [3.63, 3.8) is 0 Å². The molecule has 134 valence electrons. The molecule has 2 bridgehead atoms. The first-order chi connectivity index (χ1) is 11.2. The van der Waals surface area contributed by atoms with E-state index in [4.69, 9.17) is 4.74 Å². The number of nitrogens with zero attached hydrogens (tertiary/aromatic N) is 4. The lowest BCUT2D eigenvalue weighted by Gasteiger charge is -2.40. The molecule has 0 radical (unpaired) electrons. The Hall–Kier alpha value is -1.59. The number of ether oxygens (including phenoxy) is 1. The van der Waals surface area contributed by atoms with E-state index < -0.39 is 5.60 Å². The molecule has 6 nitrogen and oxygen atoms in total. The quantitative estimate of drug-likeness (QED) is 0.825. The maximum atomic E-state index is 12.6. The van der Waals surface area contributed by atoms with E-state index in [0.29, 0.717) is 12.0 Å². The zero-order valence-electron chi connectivity index (χ0n) is 15.7. The molecule has 2 aliphatic heterocycles. The molecule has 1 unspecified atom stereocenters. The highest BCUT2D eigenvalue weighted by Gasteiger charge is 2.46. The van der Waals surface area contributed by atoms with Crippen LogP contribution in [0.4, 0.5) is 4.79 Å². The molecule has 3 heterocycles. The fourth-order valence-electron chi connectivity index (χ4n) is 4.20. The number of aryl methyl sites for hydroxylation is 1. The molecule has 1 amide bonds. The van der Waals surface area contributed by atoms with Crippen molar-refractivity contribution in [1.29, 1.82) is 0 Å². The van der Waals surface area contributed by atoms with Crippen molar-refractivity contribution in [3.05, 3.63) is 11.6 Å². The summed E-state index contributed by atoms with van der Waals surface area (Å²) in [7, 11) is 0. The van der Waals surface area contributed by atoms with Gasteiger partial charge in [0, 0.05) is 24.0 Å². The van der Waals surface area contributed by atoms with Crippen molar-refractivity contribution in [1.82, 2.24) is 19.7 Å². The van der Waals surface area contributed by atoms with Gasteiger partial charge in [-0.25, -0.2) is 4.79 Å². The van der Waals surface area contributed by atoms with Gasteiger partial charge in [-0.15, -0.1) is 10.2 Å². The van der Waals surface area contributed by atoms with Crippen LogP contribution in [0.5, 0.6) is 0 Å². The highest BCUT2D eigenvalue weighted by molar-refractivity contribution is 5.69. The zero-order chi connectivity index (χ0) is 17.6. The molecule has 0 aliphatic carbocycles. The molecule has 2 saturated heterocycles. The van der Waals surface area contributed by atoms with Crippen molar-refractivity contribution in [2.75, 3.05) is 0 Å². The normalized spacial score (nSPS) is 27.0. The summed E-state index contributed by atoms with van der Waals surface area (Å²) in [5, 5.41) is 8.67. The van der Waals surface area contributed by atoms with Crippen molar-refractivity contribution in [2.24, 2.45) is 0 Å². The molecule has 1 aromatic heterocycles. The largest absolute Gasteiger partial charge is 0.444 e. The van der Waals surface area contributed by atoms with E-state index in [1.807, 2.05) is 32.6 Å². The van der Waals surface area contributed by atoms with Crippen LogP contribution in [0.25, 0.3) is 0 Å². The lowest BCUT2D eigenvalue weighted by Crippen LogP contribution is -2.49. The number of hydrogen-bond donors (Lipinski definition) is 0. The minimum Gasteiger partial charge on any atom is -0.444 e. The molecule has 3 atom stereocenters. The average Bonchev–Trinajstić information content (AvgIpc) is 2.95. The summed E-state index contributed by atoms with van der Waals surface area (Å²) >= 11 is 0. The van der Waals surface area contributed by atoms with Gasteiger partial charge in [0.05, 0.1) is 0 Å². The summed E-state index contributed by atoms with van der Waals surface area (Å²) in [6, 6.07) is 0.921. The Kier molecular flexibility index (Phi) is 4.34. The summed E-state index contributed by atoms with van der Waals surface area (Å²) in [5.41, 5.74) is -0.441. The van der Waals surface area contributed by atoms with Gasteiger partial charge in [-0.1, -0.05) is 13.8 Å². The summed E-state index contributed by atoms with van der Waals surface area (Å²) in [6.45, 7) is 12.1. The molecule has 0 aromatic carbocycles. The Bertz CT molecular complexity index is 603. The standard InChI is InChI=1S/C18H30N4O2/c1-11(2)16-20-19-12(3)21(16)15-9-13-7-8-14(10-15)22(13)17(23)24-18(4,5)6/h11,13-15H,7-10H2,1-6H3/t13-,14+,15?. The van der Waals surface area contributed by atoms with Crippen molar-refractivity contribution >= 4 is 6.09 Å². The van der Waals surface area contributed by atoms with Crippen LogP contribution >= 0.6 is 0 Å². The molecule has 6 heteroatoms. The number of rotatable bonds is 2.